The van der Waals surface area contributed by atoms with Crippen LogP contribution in [0.5, 0.6) is 0 Å². The van der Waals surface area contributed by atoms with E-state index in [2.05, 4.69) is 5.32 Å². The van der Waals surface area contributed by atoms with Gasteiger partial charge in [-0.25, -0.2) is 21.5 Å². The number of sulfonamides is 1. The first-order valence-corrected chi connectivity index (χ1v) is 10.8. The van der Waals surface area contributed by atoms with Crippen molar-refractivity contribution >= 4 is 27.3 Å². The van der Waals surface area contributed by atoms with Gasteiger partial charge >= 0.3 is 0 Å². The molecule has 1 unspecified atom stereocenters. The third-order valence-corrected chi connectivity index (χ3v) is 7.03. The standard InChI is InChI=1S/C20H18F2N2O3S2/c1-24(2)29(26,27)18-12-14(7-10-16(18)22)20(25)23-19(17-4-3-11-28-17)13-5-8-15(21)9-6-13/h3-12,19H,1-2H3,(H,23,25). The van der Waals surface area contributed by atoms with E-state index in [0.717, 1.165) is 21.3 Å². The number of benzene rings is 2. The normalized spacial score (nSPS) is 12.7. The highest BCUT2D eigenvalue weighted by molar-refractivity contribution is 7.89. The van der Waals surface area contributed by atoms with Crippen molar-refractivity contribution in [1.29, 1.82) is 0 Å². The number of hydrogen-bond donors (Lipinski definition) is 1. The molecule has 0 spiro atoms. The van der Waals surface area contributed by atoms with E-state index in [-0.39, 0.29) is 5.56 Å². The summed E-state index contributed by atoms with van der Waals surface area (Å²) in [7, 11) is -1.49. The van der Waals surface area contributed by atoms with Gasteiger partial charge in [-0.05, 0) is 47.3 Å². The third kappa shape index (κ3) is 4.52. The van der Waals surface area contributed by atoms with E-state index >= 15 is 0 Å². The molecule has 152 valence electrons. The van der Waals surface area contributed by atoms with Gasteiger partial charge in [0.05, 0.1) is 6.04 Å². The van der Waals surface area contributed by atoms with Gasteiger partial charge in [-0.1, -0.05) is 18.2 Å². The summed E-state index contributed by atoms with van der Waals surface area (Å²) >= 11 is 1.41. The molecule has 0 aliphatic heterocycles. The minimum Gasteiger partial charge on any atom is -0.340 e. The molecule has 0 saturated heterocycles. The number of carbonyl (C=O) groups excluding carboxylic acids is 1. The molecule has 0 aliphatic carbocycles. The molecule has 1 atom stereocenters. The van der Waals surface area contributed by atoms with Crippen molar-refractivity contribution in [1.82, 2.24) is 9.62 Å². The van der Waals surface area contributed by atoms with Gasteiger partial charge in [-0.3, -0.25) is 4.79 Å². The van der Waals surface area contributed by atoms with Crippen molar-refractivity contribution in [2.24, 2.45) is 0 Å². The number of amides is 1. The van der Waals surface area contributed by atoms with E-state index in [1.54, 1.807) is 12.1 Å². The number of thiophene rings is 1. The number of carbonyl (C=O) groups is 1. The molecular weight excluding hydrogens is 418 g/mol. The maximum Gasteiger partial charge on any atom is 0.252 e. The van der Waals surface area contributed by atoms with Crippen LogP contribution < -0.4 is 5.32 Å². The molecule has 1 heterocycles. The molecule has 1 amide bonds. The second-order valence-corrected chi connectivity index (χ2v) is 9.51. The first-order chi connectivity index (χ1) is 13.7. The molecule has 2 aromatic carbocycles. The Morgan fingerprint density at radius 2 is 1.76 bits per heavy atom. The van der Waals surface area contributed by atoms with Gasteiger partial charge in [0.25, 0.3) is 5.91 Å². The molecule has 29 heavy (non-hydrogen) atoms. The molecule has 9 heteroatoms. The number of halogens is 2. The first-order valence-electron chi connectivity index (χ1n) is 8.52. The fourth-order valence-corrected chi connectivity index (χ4v) is 4.47. The van der Waals surface area contributed by atoms with Crippen molar-refractivity contribution in [2.75, 3.05) is 14.1 Å². The zero-order valence-corrected chi connectivity index (χ0v) is 17.2. The Hall–Kier alpha value is -2.62. The lowest BCUT2D eigenvalue weighted by atomic mass is 10.0. The Morgan fingerprint density at radius 3 is 2.34 bits per heavy atom. The van der Waals surface area contributed by atoms with E-state index in [9.17, 15) is 22.0 Å². The zero-order chi connectivity index (χ0) is 21.2. The topological polar surface area (TPSA) is 66.5 Å². The SMILES string of the molecule is CN(C)S(=O)(=O)c1cc(C(=O)NC(c2ccc(F)cc2)c2cccs2)ccc1F. The molecule has 0 saturated carbocycles. The summed E-state index contributed by atoms with van der Waals surface area (Å²) in [5.41, 5.74) is 0.654. The van der Waals surface area contributed by atoms with Crippen LogP contribution in [0.1, 0.15) is 26.8 Å². The summed E-state index contributed by atoms with van der Waals surface area (Å²) in [5, 5.41) is 4.66. The average Bonchev–Trinajstić information content (AvgIpc) is 3.21. The van der Waals surface area contributed by atoms with Crippen molar-refractivity contribution in [3.63, 3.8) is 0 Å². The Bertz CT molecular complexity index is 1110. The van der Waals surface area contributed by atoms with Gasteiger partial charge in [0.2, 0.25) is 10.0 Å². The number of nitrogens with one attached hydrogen (secondary N) is 1. The van der Waals surface area contributed by atoms with Crippen LogP contribution in [0.4, 0.5) is 8.78 Å². The van der Waals surface area contributed by atoms with Gasteiger partial charge in [-0.15, -0.1) is 11.3 Å². The summed E-state index contributed by atoms with van der Waals surface area (Å²) in [4.78, 5) is 13.1. The Labute approximate surface area is 171 Å². The summed E-state index contributed by atoms with van der Waals surface area (Å²) in [6.45, 7) is 0. The first kappa shape index (κ1) is 21.1. The van der Waals surface area contributed by atoms with Crippen molar-refractivity contribution < 1.29 is 22.0 Å². The predicted molar refractivity (Wildman–Crippen MR) is 107 cm³/mol. The zero-order valence-electron chi connectivity index (χ0n) is 15.6. The second kappa shape index (κ2) is 8.40. The Kier molecular flexibility index (Phi) is 6.11. The minimum absolute atomic E-state index is 0.00417. The highest BCUT2D eigenvalue weighted by atomic mass is 32.2. The molecule has 0 radical (unpaired) electrons. The van der Waals surface area contributed by atoms with Crippen LogP contribution in [-0.2, 0) is 10.0 Å². The molecule has 0 aliphatic rings. The Balaban J connectivity index is 1.96. The van der Waals surface area contributed by atoms with E-state index in [0.29, 0.717) is 5.56 Å². The van der Waals surface area contributed by atoms with Crippen molar-refractivity contribution in [3.8, 4) is 0 Å². The smallest absolute Gasteiger partial charge is 0.252 e. The summed E-state index contributed by atoms with van der Waals surface area (Å²) in [6.07, 6.45) is 0. The maximum absolute atomic E-state index is 14.1. The lowest BCUT2D eigenvalue weighted by molar-refractivity contribution is 0.0943. The second-order valence-electron chi connectivity index (χ2n) is 6.41. The van der Waals surface area contributed by atoms with E-state index < -0.39 is 38.5 Å². The summed E-state index contributed by atoms with van der Waals surface area (Å²) in [6, 6.07) is 12.0. The summed E-state index contributed by atoms with van der Waals surface area (Å²) < 4.78 is 52.9. The van der Waals surface area contributed by atoms with Gasteiger partial charge in [0.1, 0.15) is 16.5 Å². The summed E-state index contributed by atoms with van der Waals surface area (Å²) in [5.74, 6) is -1.92. The number of rotatable bonds is 6. The number of hydrogen-bond acceptors (Lipinski definition) is 4. The molecule has 0 bridgehead atoms. The predicted octanol–water partition coefficient (Wildman–Crippen LogP) is 3.80. The van der Waals surface area contributed by atoms with Crippen molar-refractivity contribution in [3.05, 3.63) is 87.6 Å². The minimum atomic E-state index is -4.05. The van der Waals surface area contributed by atoms with Gasteiger partial charge in [0.15, 0.2) is 0 Å². The van der Waals surface area contributed by atoms with Crippen LogP contribution in [0.2, 0.25) is 0 Å². The van der Waals surface area contributed by atoms with E-state index in [1.165, 1.54) is 43.6 Å². The van der Waals surface area contributed by atoms with Crippen LogP contribution in [0.25, 0.3) is 0 Å². The van der Waals surface area contributed by atoms with Crippen LogP contribution in [0.3, 0.4) is 0 Å². The molecule has 3 aromatic rings. The van der Waals surface area contributed by atoms with Crippen LogP contribution in [0.15, 0.2) is 64.9 Å². The quantitative estimate of drug-likeness (QED) is 0.639. The maximum atomic E-state index is 14.1. The largest absolute Gasteiger partial charge is 0.340 e. The van der Waals surface area contributed by atoms with Crippen LogP contribution in [-0.4, -0.2) is 32.7 Å². The highest BCUT2D eigenvalue weighted by Crippen LogP contribution is 2.27. The van der Waals surface area contributed by atoms with Gasteiger partial charge in [-0.2, -0.15) is 0 Å². The van der Waals surface area contributed by atoms with Crippen molar-refractivity contribution in [2.45, 2.75) is 10.9 Å². The van der Waals surface area contributed by atoms with E-state index in [1.807, 2.05) is 17.5 Å². The third-order valence-electron chi connectivity index (χ3n) is 4.26. The molecule has 5 nitrogen and oxygen atoms in total. The molecule has 3 rings (SSSR count). The van der Waals surface area contributed by atoms with Gasteiger partial charge < -0.3 is 5.32 Å². The Morgan fingerprint density at radius 1 is 1.07 bits per heavy atom. The van der Waals surface area contributed by atoms with Gasteiger partial charge in [0, 0.05) is 24.5 Å². The molecule has 1 N–H and O–H groups in total. The van der Waals surface area contributed by atoms with Crippen LogP contribution >= 0.6 is 11.3 Å². The molecular formula is C20H18F2N2O3S2. The lowest BCUT2D eigenvalue weighted by Crippen LogP contribution is -2.29. The lowest BCUT2D eigenvalue weighted by Gasteiger charge is -2.19. The average molecular weight is 437 g/mol. The molecule has 0 fully saturated rings. The fourth-order valence-electron chi connectivity index (χ4n) is 2.68. The highest BCUT2D eigenvalue weighted by Gasteiger charge is 2.25. The fraction of sp³-hybridized carbons (Fsp3) is 0.150. The monoisotopic (exact) mass is 436 g/mol. The van der Waals surface area contributed by atoms with E-state index in [4.69, 9.17) is 0 Å². The molecule has 1 aromatic heterocycles. The van der Waals surface area contributed by atoms with Crippen LogP contribution in [0, 0.1) is 11.6 Å². The number of nitrogens with zero attached hydrogens (tertiary/aromatic N) is 1.